The molecule has 1 heterocycles. The summed E-state index contributed by atoms with van der Waals surface area (Å²) in [5.41, 5.74) is -0.616. The van der Waals surface area contributed by atoms with Gasteiger partial charge < -0.3 is 10.0 Å². The second-order valence-corrected chi connectivity index (χ2v) is 5.62. The Morgan fingerprint density at radius 3 is 2.29 bits per heavy atom. The number of nitro benzene ring substituents is 1. The third-order valence-electron chi connectivity index (χ3n) is 4.53. The molecule has 0 unspecified atom stereocenters. The average Bonchev–Trinajstić information content (AvgIpc) is 2.35. The zero-order valence-corrected chi connectivity index (χ0v) is 11.2. The van der Waals surface area contributed by atoms with Crippen molar-refractivity contribution in [1.29, 1.82) is 0 Å². The Kier molecular flexibility index (Phi) is 2.93. The number of non-ortho nitro benzene ring substituents is 1. The van der Waals surface area contributed by atoms with Crippen LogP contribution < -0.4 is 0 Å². The van der Waals surface area contributed by atoms with Crippen LogP contribution in [0.15, 0.2) is 18.2 Å². The fraction of sp³-hybridized carbons (Fsp3) is 0.429. The zero-order chi connectivity index (χ0) is 15.2. The van der Waals surface area contributed by atoms with E-state index >= 15 is 0 Å². The molecule has 1 saturated carbocycles. The Hall–Kier alpha value is -2.44. The summed E-state index contributed by atoms with van der Waals surface area (Å²) < 4.78 is 0. The van der Waals surface area contributed by atoms with E-state index in [4.69, 9.17) is 5.11 Å². The molecule has 3 rings (SSSR count). The lowest BCUT2D eigenvalue weighted by atomic mass is 9.67. The van der Waals surface area contributed by atoms with Gasteiger partial charge in [0, 0.05) is 29.8 Å². The first kappa shape index (κ1) is 13.5. The van der Waals surface area contributed by atoms with E-state index in [2.05, 4.69) is 0 Å². The van der Waals surface area contributed by atoms with Crippen molar-refractivity contribution in [2.45, 2.75) is 31.2 Å². The number of likely N-dealkylation sites (tertiary alicyclic amines) is 1. The van der Waals surface area contributed by atoms with Crippen molar-refractivity contribution in [1.82, 2.24) is 4.90 Å². The number of rotatable bonds is 3. The minimum atomic E-state index is -1.28. The topological polar surface area (TPSA) is 101 Å². The first-order chi connectivity index (χ1) is 9.93. The van der Waals surface area contributed by atoms with Gasteiger partial charge in [0.2, 0.25) is 0 Å². The van der Waals surface area contributed by atoms with Gasteiger partial charge in [0.1, 0.15) is 0 Å². The summed E-state index contributed by atoms with van der Waals surface area (Å²) in [5, 5.41) is 19.9. The number of carbonyl (C=O) groups is 2. The van der Waals surface area contributed by atoms with E-state index in [1.54, 1.807) is 4.90 Å². The Bertz CT molecular complexity index is 613. The third-order valence-corrected chi connectivity index (χ3v) is 4.53. The number of hydrogen-bond acceptors (Lipinski definition) is 4. The third kappa shape index (κ3) is 2.05. The number of nitrogens with zero attached hydrogens (tertiary/aromatic N) is 2. The number of hydrogen-bond donors (Lipinski definition) is 1. The van der Waals surface area contributed by atoms with E-state index in [9.17, 15) is 19.7 Å². The summed E-state index contributed by atoms with van der Waals surface area (Å²) in [4.78, 5) is 35.5. The second kappa shape index (κ2) is 4.54. The predicted molar refractivity (Wildman–Crippen MR) is 72.3 cm³/mol. The first-order valence-electron chi connectivity index (χ1n) is 6.78. The number of carbonyl (C=O) groups excluding carboxylic acids is 1. The Morgan fingerprint density at radius 1 is 1.19 bits per heavy atom. The molecule has 21 heavy (non-hydrogen) atoms. The number of aromatic carboxylic acids is 1. The molecule has 2 aliphatic rings. The van der Waals surface area contributed by atoms with Crippen LogP contribution in [-0.4, -0.2) is 38.9 Å². The van der Waals surface area contributed by atoms with Crippen molar-refractivity contribution in [2.24, 2.45) is 0 Å². The highest BCUT2D eigenvalue weighted by Crippen LogP contribution is 2.47. The van der Waals surface area contributed by atoms with Crippen molar-refractivity contribution >= 4 is 17.6 Å². The van der Waals surface area contributed by atoms with E-state index in [1.165, 1.54) is 6.07 Å². The molecule has 0 radical (unpaired) electrons. The van der Waals surface area contributed by atoms with Gasteiger partial charge in [-0.2, -0.15) is 0 Å². The molecule has 1 aliphatic heterocycles. The van der Waals surface area contributed by atoms with Crippen LogP contribution in [0, 0.1) is 10.1 Å². The number of nitro groups is 1. The van der Waals surface area contributed by atoms with Gasteiger partial charge in [-0.25, -0.2) is 4.79 Å². The summed E-state index contributed by atoms with van der Waals surface area (Å²) >= 11 is 0. The maximum Gasteiger partial charge on any atom is 0.335 e. The van der Waals surface area contributed by atoms with Crippen molar-refractivity contribution in [3.63, 3.8) is 0 Å². The van der Waals surface area contributed by atoms with Gasteiger partial charge in [0.25, 0.3) is 11.6 Å². The van der Waals surface area contributed by atoms with Crippen LogP contribution in [0.1, 0.15) is 46.4 Å². The van der Waals surface area contributed by atoms with Gasteiger partial charge in [0.15, 0.2) is 0 Å². The van der Waals surface area contributed by atoms with Crippen LogP contribution >= 0.6 is 0 Å². The molecule has 0 aromatic heterocycles. The van der Waals surface area contributed by atoms with E-state index in [0.29, 0.717) is 6.54 Å². The fourth-order valence-corrected chi connectivity index (χ4v) is 3.08. The monoisotopic (exact) mass is 290 g/mol. The molecule has 1 saturated heterocycles. The average molecular weight is 290 g/mol. The van der Waals surface area contributed by atoms with Crippen LogP contribution in [0.5, 0.6) is 0 Å². The Morgan fingerprint density at radius 2 is 1.86 bits per heavy atom. The van der Waals surface area contributed by atoms with E-state index < -0.39 is 10.9 Å². The normalized spacial score (nSPS) is 18.8. The fourth-order valence-electron chi connectivity index (χ4n) is 3.08. The van der Waals surface area contributed by atoms with Crippen molar-refractivity contribution in [3.05, 3.63) is 39.4 Å². The summed E-state index contributed by atoms with van der Waals surface area (Å²) in [6.45, 7) is 0.629. The van der Waals surface area contributed by atoms with Crippen LogP contribution in [0.2, 0.25) is 0 Å². The van der Waals surface area contributed by atoms with Gasteiger partial charge in [0.05, 0.1) is 10.5 Å². The molecule has 0 atom stereocenters. The molecule has 7 heteroatoms. The van der Waals surface area contributed by atoms with Crippen molar-refractivity contribution in [2.75, 3.05) is 6.54 Å². The summed E-state index contributed by atoms with van der Waals surface area (Å²) in [6, 6.07) is 3.33. The minimum absolute atomic E-state index is 0.0765. The number of carboxylic acids is 1. The first-order valence-corrected chi connectivity index (χ1v) is 6.78. The smallest absolute Gasteiger partial charge is 0.335 e. The highest BCUT2D eigenvalue weighted by molar-refractivity contribution is 5.99. The van der Waals surface area contributed by atoms with Gasteiger partial charge >= 0.3 is 5.97 Å². The molecule has 1 N–H and O–H groups in total. The van der Waals surface area contributed by atoms with Gasteiger partial charge in [-0.05, 0) is 31.7 Å². The number of benzene rings is 1. The Labute approximate surface area is 120 Å². The molecule has 1 aromatic carbocycles. The maximum absolute atomic E-state index is 12.5. The van der Waals surface area contributed by atoms with Crippen LogP contribution in [-0.2, 0) is 0 Å². The minimum Gasteiger partial charge on any atom is -0.478 e. The molecule has 1 amide bonds. The lowest BCUT2D eigenvalue weighted by Crippen LogP contribution is -2.65. The second-order valence-electron chi connectivity index (χ2n) is 5.62. The van der Waals surface area contributed by atoms with Crippen molar-refractivity contribution in [3.8, 4) is 0 Å². The van der Waals surface area contributed by atoms with Crippen molar-refractivity contribution < 1.29 is 19.6 Å². The SMILES string of the molecule is O=C(O)c1cc(C(=O)N2CCC23CCC3)cc([N+](=O)[O-])c1. The van der Waals surface area contributed by atoms with Gasteiger partial charge in [-0.15, -0.1) is 0 Å². The van der Waals surface area contributed by atoms with E-state index in [0.717, 1.165) is 37.8 Å². The lowest BCUT2D eigenvalue weighted by molar-refractivity contribution is -0.384. The zero-order valence-electron chi connectivity index (χ0n) is 11.2. The molecule has 0 bridgehead atoms. The molecular formula is C14H14N2O5. The molecular weight excluding hydrogens is 276 g/mol. The quantitative estimate of drug-likeness (QED) is 0.678. The summed E-state index contributed by atoms with van der Waals surface area (Å²) in [7, 11) is 0. The molecule has 1 spiro atoms. The molecule has 2 fully saturated rings. The van der Waals surface area contributed by atoms with E-state index in [-0.39, 0.29) is 28.3 Å². The maximum atomic E-state index is 12.5. The highest BCUT2D eigenvalue weighted by Gasteiger charge is 2.51. The van der Waals surface area contributed by atoms with Gasteiger partial charge in [-0.3, -0.25) is 14.9 Å². The Balaban J connectivity index is 1.95. The largest absolute Gasteiger partial charge is 0.478 e. The number of amides is 1. The summed E-state index contributed by atoms with van der Waals surface area (Å²) in [6.07, 6.45) is 3.96. The van der Waals surface area contributed by atoms with Crippen LogP contribution in [0.3, 0.4) is 0 Å². The van der Waals surface area contributed by atoms with E-state index in [1.807, 2.05) is 0 Å². The standard InChI is InChI=1S/C14H14N2O5/c17-12(15-5-4-14(15)2-1-3-14)9-6-10(13(18)19)8-11(7-9)16(20)21/h6-8H,1-5H2,(H,18,19). The lowest BCUT2D eigenvalue weighted by Gasteiger charge is -2.58. The molecule has 1 aromatic rings. The summed E-state index contributed by atoms with van der Waals surface area (Å²) in [5.74, 6) is -1.60. The van der Waals surface area contributed by atoms with Crippen LogP contribution in [0.25, 0.3) is 0 Å². The molecule has 1 aliphatic carbocycles. The molecule has 7 nitrogen and oxygen atoms in total. The van der Waals surface area contributed by atoms with Crippen LogP contribution in [0.4, 0.5) is 5.69 Å². The number of carboxylic acid groups (broad SMARTS) is 1. The predicted octanol–water partition coefficient (Wildman–Crippen LogP) is 2.06. The molecule has 110 valence electrons. The van der Waals surface area contributed by atoms with Gasteiger partial charge in [-0.1, -0.05) is 0 Å². The highest BCUT2D eigenvalue weighted by atomic mass is 16.6.